The number of nitrogens with one attached hydrogen (secondary N) is 2. The zero-order valence-electron chi connectivity index (χ0n) is 23.4. The quantitative estimate of drug-likeness (QED) is 0.298. The number of hydrogen-bond acceptors (Lipinski definition) is 6. The number of amides is 2. The molecule has 3 aliphatic rings. The predicted molar refractivity (Wildman–Crippen MR) is 142 cm³/mol. The van der Waals surface area contributed by atoms with Gasteiger partial charge in [0.1, 0.15) is 6.33 Å². The van der Waals surface area contributed by atoms with Crippen molar-refractivity contribution in [1.82, 2.24) is 39.8 Å². The van der Waals surface area contributed by atoms with E-state index in [4.69, 9.17) is 0 Å². The van der Waals surface area contributed by atoms with Gasteiger partial charge in [0.25, 0.3) is 5.91 Å². The van der Waals surface area contributed by atoms with Gasteiger partial charge in [-0.3, -0.25) is 14.0 Å². The third-order valence-corrected chi connectivity index (χ3v) is 8.52. The molecule has 2 atom stereocenters. The molecule has 0 saturated heterocycles. The first kappa shape index (κ1) is 29.4. The molecule has 3 saturated carbocycles. The number of carbonyl (C=O) groups is 2. The molecule has 3 aromatic rings. The highest BCUT2D eigenvalue weighted by Gasteiger charge is 2.40. The number of halogens is 5. The van der Waals surface area contributed by atoms with Crippen LogP contribution in [0, 0.1) is 17.8 Å². The summed E-state index contributed by atoms with van der Waals surface area (Å²) in [6, 6.07) is 0.432. The van der Waals surface area contributed by atoms with Crippen molar-refractivity contribution < 1.29 is 31.5 Å². The van der Waals surface area contributed by atoms with Crippen molar-refractivity contribution in [2.45, 2.75) is 94.9 Å². The summed E-state index contributed by atoms with van der Waals surface area (Å²) in [5.74, 6) is -3.31. The number of rotatable bonds is 11. The normalized spacial score (nSPS) is 20.6. The molecule has 43 heavy (non-hydrogen) atoms. The number of alkyl halides is 5. The number of fused-ring (bicyclic) bond motifs is 1. The smallest absolute Gasteiger partial charge is 0.347 e. The number of imidazole rings is 1. The van der Waals surface area contributed by atoms with Gasteiger partial charge in [0.15, 0.2) is 0 Å². The van der Waals surface area contributed by atoms with Crippen molar-refractivity contribution in [2.75, 3.05) is 0 Å². The van der Waals surface area contributed by atoms with E-state index in [1.807, 2.05) is 0 Å². The van der Waals surface area contributed by atoms with Gasteiger partial charge in [0.2, 0.25) is 23.4 Å². The molecule has 3 aliphatic carbocycles. The summed E-state index contributed by atoms with van der Waals surface area (Å²) in [6.07, 6.45) is 1.92. The standard InChI is InChI=1S/C28H33F5N8O2/c29-27(30)9-5-18(6-10-27)23(39-25(43)24-34-15-35-41(24)13-16-1-2-16)20-14-40-12-8-19(36-26(40)37-20)22(17-3-4-17)38-21(42)7-11-28(31,32)33/h8,12,14-18,22-23H,1-7,9-11,13H2,(H,38,42)(H,39,43)/t22?,23-/m0/s1. The number of aromatic nitrogens is 6. The van der Waals surface area contributed by atoms with Crippen LogP contribution in [-0.2, 0) is 11.3 Å². The molecule has 3 heterocycles. The first-order valence-electron chi connectivity index (χ1n) is 14.7. The maximum atomic E-state index is 14.0. The van der Waals surface area contributed by atoms with Gasteiger partial charge in [0, 0.05) is 38.2 Å². The third kappa shape index (κ3) is 7.29. The van der Waals surface area contributed by atoms with Crippen LogP contribution in [0.4, 0.5) is 22.0 Å². The van der Waals surface area contributed by atoms with Crippen LogP contribution in [0.15, 0.2) is 24.8 Å². The SMILES string of the molecule is O=C(CCC(F)(F)F)NC(c1ccn2cc([C@@H](NC(=O)c3ncnn3CC3CC3)C3CCC(F)(F)CC3)nc2n1)C1CC1. The van der Waals surface area contributed by atoms with Crippen molar-refractivity contribution in [3.63, 3.8) is 0 Å². The highest BCUT2D eigenvalue weighted by Crippen LogP contribution is 2.42. The lowest BCUT2D eigenvalue weighted by Gasteiger charge is -2.33. The molecular formula is C28H33F5N8O2. The molecule has 1 unspecified atom stereocenters. The second kappa shape index (κ2) is 11.5. The van der Waals surface area contributed by atoms with Gasteiger partial charge in [-0.15, -0.1) is 0 Å². The van der Waals surface area contributed by atoms with Crippen LogP contribution in [0.1, 0.15) is 98.3 Å². The number of hydrogen-bond donors (Lipinski definition) is 2. The second-order valence-electron chi connectivity index (χ2n) is 12.1. The van der Waals surface area contributed by atoms with E-state index in [0.29, 0.717) is 23.9 Å². The van der Waals surface area contributed by atoms with Crippen molar-refractivity contribution in [3.05, 3.63) is 42.0 Å². The van der Waals surface area contributed by atoms with Crippen molar-refractivity contribution in [3.8, 4) is 0 Å². The summed E-state index contributed by atoms with van der Waals surface area (Å²) >= 11 is 0. The molecule has 0 spiro atoms. The van der Waals surface area contributed by atoms with Gasteiger partial charge >= 0.3 is 6.18 Å². The first-order chi connectivity index (χ1) is 20.4. The summed E-state index contributed by atoms with van der Waals surface area (Å²) in [5.41, 5.74) is 0.914. The fraction of sp³-hybridized carbons (Fsp3) is 0.643. The van der Waals surface area contributed by atoms with E-state index in [1.165, 1.54) is 6.33 Å². The molecule has 0 radical (unpaired) electrons. The molecule has 15 heteroatoms. The van der Waals surface area contributed by atoms with E-state index in [-0.39, 0.29) is 49.1 Å². The van der Waals surface area contributed by atoms with Crippen molar-refractivity contribution in [2.24, 2.45) is 17.8 Å². The largest absolute Gasteiger partial charge is 0.389 e. The molecule has 10 nitrogen and oxygen atoms in total. The Morgan fingerprint density at radius 2 is 1.65 bits per heavy atom. The Morgan fingerprint density at radius 1 is 0.977 bits per heavy atom. The minimum atomic E-state index is -4.43. The van der Waals surface area contributed by atoms with Gasteiger partial charge in [-0.05, 0) is 62.3 Å². The summed E-state index contributed by atoms with van der Waals surface area (Å²) in [4.78, 5) is 39.1. The monoisotopic (exact) mass is 608 g/mol. The number of nitrogens with zero attached hydrogens (tertiary/aromatic N) is 6. The van der Waals surface area contributed by atoms with Gasteiger partial charge < -0.3 is 10.6 Å². The summed E-state index contributed by atoms with van der Waals surface area (Å²) in [5, 5.41) is 9.87. The lowest BCUT2D eigenvalue weighted by atomic mass is 9.81. The molecule has 232 valence electrons. The van der Waals surface area contributed by atoms with E-state index in [1.54, 1.807) is 27.5 Å². The Balaban J connectivity index is 1.24. The molecule has 3 fully saturated rings. The Bertz CT molecular complexity index is 1470. The molecule has 2 amide bonds. The van der Waals surface area contributed by atoms with Crippen LogP contribution >= 0.6 is 0 Å². The van der Waals surface area contributed by atoms with E-state index in [9.17, 15) is 31.5 Å². The maximum absolute atomic E-state index is 14.0. The molecule has 6 rings (SSSR count). The Hall–Kier alpha value is -3.65. The van der Waals surface area contributed by atoms with E-state index in [0.717, 1.165) is 25.7 Å². The Kier molecular flexibility index (Phi) is 7.84. The maximum Gasteiger partial charge on any atom is 0.389 e. The van der Waals surface area contributed by atoms with E-state index in [2.05, 4.69) is 30.7 Å². The minimum absolute atomic E-state index is 0.0585. The Labute approximate surface area is 243 Å². The van der Waals surface area contributed by atoms with Crippen LogP contribution in [0.2, 0.25) is 0 Å². The highest BCUT2D eigenvalue weighted by molar-refractivity contribution is 5.90. The first-order valence-corrected chi connectivity index (χ1v) is 14.7. The predicted octanol–water partition coefficient (Wildman–Crippen LogP) is 4.94. The molecule has 2 N–H and O–H groups in total. The molecule has 3 aromatic heterocycles. The summed E-state index contributed by atoms with van der Waals surface area (Å²) in [7, 11) is 0. The van der Waals surface area contributed by atoms with Crippen LogP contribution in [0.3, 0.4) is 0 Å². The Morgan fingerprint density at radius 3 is 2.33 bits per heavy atom. The average Bonchev–Trinajstić information content (AvgIpc) is 3.87. The highest BCUT2D eigenvalue weighted by atomic mass is 19.4. The zero-order chi connectivity index (χ0) is 30.4. The topological polar surface area (TPSA) is 119 Å². The van der Waals surface area contributed by atoms with E-state index < -0.39 is 48.8 Å². The fourth-order valence-electron chi connectivity index (χ4n) is 5.74. The van der Waals surface area contributed by atoms with Gasteiger partial charge in [-0.25, -0.2) is 28.4 Å². The van der Waals surface area contributed by atoms with Crippen LogP contribution in [0.5, 0.6) is 0 Å². The molecular weight excluding hydrogens is 575 g/mol. The van der Waals surface area contributed by atoms with Crippen LogP contribution < -0.4 is 10.6 Å². The van der Waals surface area contributed by atoms with Gasteiger partial charge in [-0.2, -0.15) is 18.3 Å². The third-order valence-electron chi connectivity index (χ3n) is 8.52. The lowest BCUT2D eigenvalue weighted by Crippen LogP contribution is -2.38. The molecule has 0 bridgehead atoms. The zero-order valence-corrected chi connectivity index (χ0v) is 23.4. The average molecular weight is 609 g/mol. The van der Waals surface area contributed by atoms with Gasteiger partial charge in [-0.1, -0.05) is 0 Å². The fourth-order valence-corrected chi connectivity index (χ4v) is 5.74. The second-order valence-corrected chi connectivity index (χ2v) is 12.1. The van der Waals surface area contributed by atoms with Crippen LogP contribution in [0.25, 0.3) is 5.78 Å². The van der Waals surface area contributed by atoms with Crippen molar-refractivity contribution >= 4 is 17.6 Å². The van der Waals surface area contributed by atoms with E-state index >= 15 is 0 Å². The van der Waals surface area contributed by atoms with Gasteiger partial charge in [0.05, 0.1) is 29.9 Å². The summed E-state index contributed by atoms with van der Waals surface area (Å²) < 4.78 is 69.1. The molecule has 0 aromatic carbocycles. The lowest BCUT2D eigenvalue weighted by molar-refractivity contribution is -0.144. The summed E-state index contributed by atoms with van der Waals surface area (Å²) in [6.45, 7) is 0.582. The minimum Gasteiger partial charge on any atom is -0.347 e. The van der Waals surface area contributed by atoms with Crippen LogP contribution in [-0.4, -0.2) is 53.0 Å². The molecule has 0 aliphatic heterocycles. The number of carbonyl (C=O) groups excluding carboxylic acids is 2. The van der Waals surface area contributed by atoms with Crippen molar-refractivity contribution in [1.29, 1.82) is 0 Å².